The third-order valence-corrected chi connectivity index (χ3v) is 3.06. The maximum absolute atomic E-state index is 12.7. The first kappa shape index (κ1) is 13.6. The van der Waals surface area contributed by atoms with Crippen molar-refractivity contribution < 1.29 is 18.0 Å². The van der Waals surface area contributed by atoms with Crippen LogP contribution in [-0.4, -0.2) is 10.4 Å². The van der Waals surface area contributed by atoms with Crippen molar-refractivity contribution in [3.8, 4) is 0 Å². The van der Waals surface area contributed by atoms with Gasteiger partial charge in [0.1, 0.15) is 5.78 Å². The number of ketones is 1. The summed E-state index contributed by atoms with van der Waals surface area (Å²) in [5.74, 6) is -0.00597. The number of fused-ring (bicyclic) bond motifs is 1. The third-order valence-electron chi connectivity index (χ3n) is 3.06. The Balaban J connectivity index is 2.61. The molecule has 0 unspecified atom stereocenters. The van der Waals surface area contributed by atoms with Crippen molar-refractivity contribution in [2.75, 3.05) is 0 Å². The summed E-state index contributed by atoms with van der Waals surface area (Å²) in [6.45, 7) is 3.86. The van der Waals surface area contributed by atoms with E-state index in [9.17, 15) is 18.0 Å². The molecule has 0 amide bonds. The molecular formula is C14H14F3NO. The highest BCUT2D eigenvalue weighted by molar-refractivity contribution is 5.85. The van der Waals surface area contributed by atoms with Gasteiger partial charge in [-0.2, -0.15) is 13.2 Å². The monoisotopic (exact) mass is 269 g/mol. The van der Waals surface area contributed by atoms with Crippen molar-refractivity contribution in [3.05, 3.63) is 35.5 Å². The molecule has 0 atom stereocenters. The molecule has 2 rings (SSSR count). The van der Waals surface area contributed by atoms with Crippen molar-refractivity contribution in [2.45, 2.75) is 33.0 Å². The van der Waals surface area contributed by atoms with Gasteiger partial charge in [-0.05, 0) is 37.4 Å². The van der Waals surface area contributed by atoms with E-state index >= 15 is 0 Å². The van der Waals surface area contributed by atoms with Crippen LogP contribution in [0, 0.1) is 0 Å². The number of alkyl halides is 3. The maximum Gasteiger partial charge on any atom is 0.416 e. The molecular weight excluding hydrogens is 255 g/mol. The highest BCUT2D eigenvalue weighted by Gasteiger charge is 2.30. The molecule has 19 heavy (non-hydrogen) atoms. The molecule has 0 N–H and O–H groups in total. The predicted octanol–water partition coefficient (Wildman–Crippen LogP) is 3.81. The van der Waals surface area contributed by atoms with Gasteiger partial charge in [0.25, 0.3) is 0 Å². The standard InChI is InChI=1S/C14H14F3NO/c1-3-18-12(6-9(2)19)7-10-4-5-11(8-13(10)18)14(15,16)17/h4-5,7-8H,3,6H2,1-2H3. The SMILES string of the molecule is CCn1c(CC(C)=O)cc2ccc(C(F)(F)F)cc21. The van der Waals surface area contributed by atoms with Crippen molar-refractivity contribution in [3.63, 3.8) is 0 Å². The van der Waals surface area contributed by atoms with Gasteiger partial charge < -0.3 is 4.57 Å². The summed E-state index contributed by atoms with van der Waals surface area (Å²) >= 11 is 0. The van der Waals surface area contributed by atoms with Crippen LogP contribution in [0.5, 0.6) is 0 Å². The van der Waals surface area contributed by atoms with E-state index in [-0.39, 0.29) is 12.2 Å². The van der Waals surface area contributed by atoms with Gasteiger partial charge in [-0.1, -0.05) is 6.07 Å². The normalized spacial score (nSPS) is 12.1. The van der Waals surface area contributed by atoms with E-state index in [2.05, 4.69) is 0 Å². The van der Waals surface area contributed by atoms with Gasteiger partial charge in [-0.25, -0.2) is 0 Å². The second-order valence-electron chi connectivity index (χ2n) is 4.53. The molecule has 2 aromatic rings. The van der Waals surface area contributed by atoms with E-state index in [1.165, 1.54) is 13.0 Å². The molecule has 2 nitrogen and oxygen atoms in total. The van der Waals surface area contributed by atoms with Crippen LogP contribution in [0.3, 0.4) is 0 Å². The topological polar surface area (TPSA) is 22.0 Å². The smallest absolute Gasteiger partial charge is 0.344 e. The number of benzene rings is 1. The average Bonchev–Trinajstić information content (AvgIpc) is 2.62. The number of hydrogen-bond acceptors (Lipinski definition) is 1. The van der Waals surface area contributed by atoms with Gasteiger partial charge in [0, 0.05) is 24.2 Å². The second kappa shape index (κ2) is 4.72. The van der Waals surface area contributed by atoms with Crippen LogP contribution in [-0.2, 0) is 23.9 Å². The van der Waals surface area contributed by atoms with E-state index in [0.717, 1.165) is 23.2 Å². The molecule has 0 aliphatic carbocycles. The summed E-state index contributed by atoms with van der Waals surface area (Å²) in [6.07, 6.45) is -4.11. The minimum absolute atomic E-state index is 0.00597. The van der Waals surface area contributed by atoms with E-state index in [1.54, 1.807) is 10.6 Å². The lowest BCUT2D eigenvalue weighted by molar-refractivity contribution is -0.137. The lowest BCUT2D eigenvalue weighted by atomic mass is 10.1. The quantitative estimate of drug-likeness (QED) is 0.830. The van der Waals surface area contributed by atoms with Crippen LogP contribution >= 0.6 is 0 Å². The van der Waals surface area contributed by atoms with E-state index < -0.39 is 11.7 Å². The summed E-state index contributed by atoms with van der Waals surface area (Å²) in [5.41, 5.74) is 0.611. The van der Waals surface area contributed by atoms with Gasteiger partial charge >= 0.3 is 6.18 Å². The molecule has 0 radical (unpaired) electrons. The summed E-state index contributed by atoms with van der Waals surface area (Å²) in [4.78, 5) is 11.2. The van der Waals surface area contributed by atoms with Gasteiger partial charge in [0.05, 0.1) is 5.56 Å². The predicted molar refractivity (Wildman–Crippen MR) is 67.0 cm³/mol. The molecule has 1 aromatic carbocycles. The maximum atomic E-state index is 12.7. The van der Waals surface area contributed by atoms with Crippen LogP contribution in [0.1, 0.15) is 25.1 Å². The van der Waals surface area contributed by atoms with Gasteiger partial charge in [0.15, 0.2) is 0 Å². The Bertz CT molecular complexity index is 625. The Kier molecular flexibility index (Phi) is 3.39. The summed E-state index contributed by atoms with van der Waals surface area (Å²) in [6, 6.07) is 5.44. The minimum Gasteiger partial charge on any atom is -0.344 e. The van der Waals surface area contributed by atoms with E-state index in [0.29, 0.717) is 12.1 Å². The molecule has 5 heteroatoms. The Hall–Kier alpha value is -1.78. The van der Waals surface area contributed by atoms with Crippen molar-refractivity contribution >= 4 is 16.7 Å². The number of hydrogen-bond donors (Lipinski definition) is 0. The largest absolute Gasteiger partial charge is 0.416 e. The van der Waals surface area contributed by atoms with Crippen LogP contribution < -0.4 is 0 Å². The Morgan fingerprint density at radius 3 is 2.47 bits per heavy atom. The Morgan fingerprint density at radius 1 is 1.26 bits per heavy atom. The fourth-order valence-electron chi connectivity index (χ4n) is 2.26. The zero-order valence-electron chi connectivity index (χ0n) is 10.7. The van der Waals surface area contributed by atoms with Crippen molar-refractivity contribution in [2.24, 2.45) is 0 Å². The molecule has 0 saturated heterocycles. The molecule has 1 aromatic heterocycles. The van der Waals surface area contributed by atoms with E-state index in [1.807, 2.05) is 6.92 Å². The third kappa shape index (κ3) is 2.64. The lowest BCUT2D eigenvalue weighted by Crippen LogP contribution is -2.07. The fraction of sp³-hybridized carbons (Fsp3) is 0.357. The number of aryl methyl sites for hydroxylation is 1. The first-order chi connectivity index (χ1) is 8.82. The van der Waals surface area contributed by atoms with Crippen LogP contribution in [0.2, 0.25) is 0 Å². The highest BCUT2D eigenvalue weighted by atomic mass is 19.4. The first-order valence-corrected chi connectivity index (χ1v) is 6.01. The number of aromatic nitrogens is 1. The summed E-state index contributed by atoms with van der Waals surface area (Å²) in [7, 11) is 0. The number of Topliss-reactive ketones (excluding diaryl/α,β-unsaturated/α-hetero) is 1. The number of halogens is 3. The molecule has 0 spiro atoms. The molecule has 0 bridgehead atoms. The lowest BCUT2D eigenvalue weighted by Gasteiger charge is -2.09. The van der Waals surface area contributed by atoms with Crippen molar-refractivity contribution in [1.82, 2.24) is 4.57 Å². The summed E-state index contributed by atoms with van der Waals surface area (Å²) < 4.78 is 39.9. The van der Waals surface area contributed by atoms with Crippen LogP contribution in [0.25, 0.3) is 10.9 Å². The molecule has 102 valence electrons. The highest BCUT2D eigenvalue weighted by Crippen LogP contribution is 2.32. The molecule has 0 fully saturated rings. The van der Waals surface area contributed by atoms with Gasteiger partial charge in [-0.15, -0.1) is 0 Å². The number of nitrogens with zero attached hydrogens (tertiary/aromatic N) is 1. The molecule has 0 aliphatic heterocycles. The minimum atomic E-state index is -4.35. The van der Waals surface area contributed by atoms with Crippen LogP contribution in [0.15, 0.2) is 24.3 Å². The Labute approximate surface area is 108 Å². The average molecular weight is 269 g/mol. The Morgan fingerprint density at radius 2 is 1.95 bits per heavy atom. The second-order valence-corrected chi connectivity index (χ2v) is 4.53. The number of rotatable bonds is 3. The zero-order valence-corrected chi connectivity index (χ0v) is 10.7. The van der Waals surface area contributed by atoms with Crippen molar-refractivity contribution in [1.29, 1.82) is 0 Å². The summed E-state index contributed by atoms with van der Waals surface area (Å²) in [5, 5.41) is 0.728. The fourth-order valence-corrected chi connectivity index (χ4v) is 2.26. The number of carbonyl (C=O) groups excluding carboxylic acids is 1. The first-order valence-electron chi connectivity index (χ1n) is 6.01. The van der Waals surface area contributed by atoms with Gasteiger partial charge in [-0.3, -0.25) is 4.79 Å². The van der Waals surface area contributed by atoms with Gasteiger partial charge in [0.2, 0.25) is 0 Å². The molecule has 0 aliphatic rings. The molecule has 0 saturated carbocycles. The number of carbonyl (C=O) groups is 1. The molecule has 1 heterocycles. The zero-order chi connectivity index (χ0) is 14.2. The van der Waals surface area contributed by atoms with E-state index in [4.69, 9.17) is 0 Å². The van der Waals surface area contributed by atoms with Crippen LogP contribution in [0.4, 0.5) is 13.2 Å².